The molecule has 4 heteroatoms. The van der Waals surface area contributed by atoms with Gasteiger partial charge in [-0.3, -0.25) is 4.79 Å². The van der Waals surface area contributed by atoms with Gasteiger partial charge < -0.3 is 10.2 Å². The Labute approximate surface area is 153 Å². The van der Waals surface area contributed by atoms with Crippen LogP contribution in [-0.4, -0.2) is 17.4 Å². The van der Waals surface area contributed by atoms with Crippen LogP contribution in [0, 0.1) is 0 Å². The Kier molecular flexibility index (Phi) is 4.40. The second-order valence-corrected chi connectivity index (χ2v) is 6.40. The molecule has 0 unspecified atom stereocenters. The van der Waals surface area contributed by atoms with Crippen molar-refractivity contribution >= 4 is 23.0 Å². The number of nitrogens with one attached hydrogen (secondary N) is 1. The molecule has 1 aliphatic rings. The Morgan fingerprint density at radius 3 is 2.69 bits per heavy atom. The molecule has 4 rings (SSSR count). The van der Waals surface area contributed by atoms with Gasteiger partial charge in [-0.15, -0.1) is 0 Å². The van der Waals surface area contributed by atoms with Gasteiger partial charge in [-0.05, 0) is 48.2 Å². The normalized spacial score (nSPS) is 12.7. The highest BCUT2D eigenvalue weighted by Gasteiger charge is 2.20. The van der Waals surface area contributed by atoms with Gasteiger partial charge in [0, 0.05) is 17.9 Å². The summed E-state index contributed by atoms with van der Waals surface area (Å²) in [7, 11) is 0. The minimum atomic E-state index is -0.181. The van der Waals surface area contributed by atoms with E-state index in [4.69, 9.17) is 0 Å². The van der Waals surface area contributed by atoms with E-state index in [-0.39, 0.29) is 5.91 Å². The van der Waals surface area contributed by atoms with Crippen LogP contribution in [0.25, 0.3) is 0 Å². The smallest absolute Gasteiger partial charge is 0.274 e. The van der Waals surface area contributed by atoms with E-state index in [0.717, 1.165) is 36.3 Å². The molecule has 130 valence electrons. The van der Waals surface area contributed by atoms with Crippen LogP contribution in [0.2, 0.25) is 0 Å². The molecule has 0 atom stereocenters. The number of benzene rings is 2. The van der Waals surface area contributed by atoms with E-state index in [0.29, 0.717) is 5.69 Å². The number of anilines is 3. The highest BCUT2D eigenvalue weighted by molar-refractivity contribution is 6.03. The minimum absolute atomic E-state index is 0.181. The second kappa shape index (κ2) is 7.00. The molecule has 2 heterocycles. The Balaban J connectivity index is 1.52. The van der Waals surface area contributed by atoms with Crippen LogP contribution < -0.4 is 10.2 Å². The zero-order valence-electron chi connectivity index (χ0n) is 14.8. The second-order valence-electron chi connectivity index (χ2n) is 6.40. The van der Waals surface area contributed by atoms with Crippen LogP contribution in [0.5, 0.6) is 0 Å². The van der Waals surface area contributed by atoms with Crippen LogP contribution in [0.3, 0.4) is 0 Å². The molecule has 0 radical (unpaired) electrons. The molecule has 1 aromatic heterocycles. The number of hydrogen-bond acceptors (Lipinski definition) is 3. The quantitative estimate of drug-likeness (QED) is 0.753. The molecular weight excluding hydrogens is 322 g/mol. The Bertz CT molecular complexity index is 934. The first-order chi connectivity index (χ1) is 12.8. The third kappa shape index (κ3) is 3.06. The number of aryl methyl sites for hydroxylation is 1. The summed E-state index contributed by atoms with van der Waals surface area (Å²) in [4.78, 5) is 19.2. The molecule has 3 aromatic rings. The zero-order valence-corrected chi connectivity index (χ0v) is 14.8. The number of hydrogen-bond donors (Lipinski definition) is 1. The predicted octanol–water partition coefficient (Wildman–Crippen LogP) is 4.59. The molecule has 26 heavy (non-hydrogen) atoms. The highest BCUT2D eigenvalue weighted by Crippen LogP contribution is 2.33. The van der Waals surface area contributed by atoms with E-state index in [9.17, 15) is 4.79 Å². The Morgan fingerprint density at radius 2 is 1.88 bits per heavy atom. The molecule has 0 bridgehead atoms. The van der Waals surface area contributed by atoms with Gasteiger partial charge in [0.25, 0.3) is 5.91 Å². The average molecular weight is 343 g/mol. The van der Waals surface area contributed by atoms with Gasteiger partial charge in [-0.2, -0.15) is 0 Å². The van der Waals surface area contributed by atoms with E-state index in [2.05, 4.69) is 46.4 Å². The van der Waals surface area contributed by atoms with Crippen molar-refractivity contribution in [1.29, 1.82) is 0 Å². The van der Waals surface area contributed by atoms with E-state index < -0.39 is 0 Å². The van der Waals surface area contributed by atoms with Crippen LogP contribution >= 0.6 is 0 Å². The molecule has 2 aromatic carbocycles. The number of pyridine rings is 1. The van der Waals surface area contributed by atoms with Crippen molar-refractivity contribution in [3.05, 3.63) is 83.7 Å². The van der Waals surface area contributed by atoms with Gasteiger partial charge >= 0.3 is 0 Å². The number of amides is 1. The number of fused-ring (bicyclic) bond motifs is 1. The lowest BCUT2D eigenvalue weighted by atomic mass is 10.1. The number of para-hydroxylation sites is 2. The monoisotopic (exact) mass is 343 g/mol. The van der Waals surface area contributed by atoms with Crippen molar-refractivity contribution in [3.8, 4) is 0 Å². The van der Waals surface area contributed by atoms with E-state index in [1.165, 1.54) is 11.3 Å². The number of carbonyl (C=O) groups is 1. The van der Waals surface area contributed by atoms with Gasteiger partial charge in [0.1, 0.15) is 5.69 Å². The number of rotatable bonds is 4. The van der Waals surface area contributed by atoms with Crippen molar-refractivity contribution in [1.82, 2.24) is 4.98 Å². The van der Waals surface area contributed by atoms with Gasteiger partial charge in [0.05, 0.1) is 11.9 Å². The summed E-state index contributed by atoms with van der Waals surface area (Å²) in [5, 5.41) is 2.97. The third-order valence-electron chi connectivity index (χ3n) is 4.83. The molecule has 1 N–H and O–H groups in total. The van der Waals surface area contributed by atoms with Crippen molar-refractivity contribution in [3.63, 3.8) is 0 Å². The average Bonchev–Trinajstić information content (AvgIpc) is 3.12. The first kappa shape index (κ1) is 16.3. The summed E-state index contributed by atoms with van der Waals surface area (Å²) in [5.41, 5.74) is 5.98. The van der Waals surface area contributed by atoms with Gasteiger partial charge in [-0.1, -0.05) is 43.3 Å². The lowest BCUT2D eigenvalue weighted by Crippen LogP contribution is -2.17. The maximum Gasteiger partial charge on any atom is 0.274 e. The summed E-state index contributed by atoms with van der Waals surface area (Å²) in [6, 6.07) is 20.0. The maximum absolute atomic E-state index is 12.5. The fourth-order valence-corrected chi connectivity index (χ4v) is 3.42. The summed E-state index contributed by atoms with van der Waals surface area (Å²) >= 11 is 0. The standard InChI is InChI=1S/C22H21N3O/c1-2-16-7-3-5-9-19(16)24-22(26)20-12-11-18(15-23-20)25-14-13-17-8-4-6-10-21(17)25/h3-12,15H,2,13-14H2,1H3,(H,24,26). The summed E-state index contributed by atoms with van der Waals surface area (Å²) in [6.45, 7) is 3.02. The Hall–Kier alpha value is -3.14. The molecule has 0 aliphatic carbocycles. The zero-order chi connectivity index (χ0) is 17.9. The molecule has 0 saturated heterocycles. The summed E-state index contributed by atoms with van der Waals surface area (Å²) in [5.74, 6) is -0.181. The number of carbonyl (C=O) groups excluding carboxylic acids is 1. The van der Waals surface area contributed by atoms with Crippen LogP contribution in [0.1, 0.15) is 28.5 Å². The van der Waals surface area contributed by atoms with E-state index >= 15 is 0 Å². The molecular formula is C22H21N3O. The summed E-state index contributed by atoms with van der Waals surface area (Å²) < 4.78 is 0. The van der Waals surface area contributed by atoms with Crippen LogP contribution in [0.15, 0.2) is 66.9 Å². The van der Waals surface area contributed by atoms with E-state index in [1.807, 2.05) is 30.3 Å². The van der Waals surface area contributed by atoms with Crippen molar-refractivity contribution in [2.24, 2.45) is 0 Å². The van der Waals surface area contributed by atoms with Gasteiger partial charge in [-0.25, -0.2) is 4.98 Å². The predicted molar refractivity (Wildman–Crippen MR) is 105 cm³/mol. The van der Waals surface area contributed by atoms with Gasteiger partial charge in [0.2, 0.25) is 0 Å². The van der Waals surface area contributed by atoms with Gasteiger partial charge in [0.15, 0.2) is 0 Å². The SMILES string of the molecule is CCc1ccccc1NC(=O)c1ccc(N2CCc3ccccc32)cn1. The molecule has 0 saturated carbocycles. The first-order valence-electron chi connectivity index (χ1n) is 8.97. The topological polar surface area (TPSA) is 45.2 Å². The largest absolute Gasteiger partial charge is 0.340 e. The third-order valence-corrected chi connectivity index (χ3v) is 4.83. The fourth-order valence-electron chi connectivity index (χ4n) is 3.42. The molecule has 0 fully saturated rings. The van der Waals surface area contributed by atoms with Crippen molar-refractivity contribution in [2.75, 3.05) is 16.8 Å². The number of aromatic nitrogens is 1. The first-order valence-corrected chi connectivity index (χ1v) is 8.97. The molecule has 1 aliphatic heterocycles. The minimum Gasteiger partial charge on any atom is -0.340 e. The van der Waals surface area contributed by atoms with Crippen molar-refractivity contribution in [2.45, 2.75) is 19.8 Å². The summed E-state index contributed by atoms with van der Waals surface area (Å²) in [6.07, 6.45) is 3.69. The fraction of sp³-hybridized carbons (Fsp3) is 0.182. The molecule has 0 spiro atoms. The molecule has 4 nitrogen and oxygen atoms in total. The number of nitrogens with zero attached hydrogens (tertiary/aromatic N) is 2. The molecule has 1 amide bonds. The Morgan fingerprint density at radius 1 is 1.08 bits per heavy atom. The maximum atomic E-state index is 12.5. The lowest BCUT2D eigenvalue weighted by molar-refractivity contribution is 0.102. The van der Waals surface area contributed by atoms with Crippen LogP contribution in [0.4, 0.5) is 17.1 Å². The highest BCUT2D eigenvalue weighted by atomic mass is 16.1. The van der Waals surface area contributed by atoms with Crippen LogP contribution in [-0.2, 0) is 12.8 Å². The lowest BCUT2D eigenvalue weighted by Gasteiger charge is -2.19. The van der Waals surface area contributed by atoms with Crippen molar-refractivity contribution < 1.29 is 4.79 Å². The van der Waals surface area contributed by atoms with E-state index in [1.54, 1.807) is 12.3 Å².